The van der Waals surface area contributed by atoms with Gasteiger partial charge in [0.25, 0.3) is 0 Å². The van der Waals surface area contributed by atoms with Crippen molar-refractivity contribution < 1.29 is 19.0 Å². The maximum atomic E-state index is 13.4. The second-order valence-electron chi connectivity index (χ2n) is 4.07. The molecule has 0 saturated carbocycles. The molecule has 0 amide bonds. The molecular weight excluding hydrogens is 247 g/mol. The normalized spacial score (nSPS) is 10.2. The first kappa shape index (κ1) is 13.1. The third-order valence-electron chi connectivity index (χ3n) is 2.81. The minimum atomic E-state index is -0.956. The Bertz CT molecular complexity index is 608. The molecule has 0 bridgehead atoms. The lowest BCUT2D eigenvalue weighted by atomic mass is 9.97. The summed E-state index contributed by atoms with van der Waals surface area (Å²) < 4.78 is 18.6. The van der Waals surface area contributed by atoms with E-state index in [0.29, 0.717) is 22.4 Å². The smallest absolute Gasteiger partial charge is 0.307 e. The topological polar surface area (TPSA) is 46.5 Å². The summed E-state index contributed by atoms with van der Waals surface area (Å²) >= 11 is 0. The third kappa shape index (κ3) is 2.91. The standard InChI is InChI=1S/C15H13FO3/c1-19-14-5-3-2-4-12(14)13-9-11(16)7-6-10(13)8-15(17)18/h2-7,9H,8H2,1H3,(H,17,18). The molecule has 2 rings (SSSR count). The predicted molar refractivity (Wildman–Crippen MR) is 69.7 cm³/mol. The molecular formula is C15H13FO3. The van der Waals surface area contributed by atoms with Gasteiger partial charge in [-0.25, -0.2) is 4.39 Å². The van der Waals surface area contributed by atoms with Gasteiger partial charge in [0.15, 0.2) is 0 Å². The van der Waals surface area contributed by atoms with Crippen LogP contribution in [0.2, 0.25) is 0 Å². The monoisotopic (exact) mass is 260 g/mol. The molecule has 2 aromatic rings. The minimum Gasteiger partial charge on any atom is -0.496 e. The Balaban J connectivity index is 2.59. The molecule has 2 aromatic carbocycles. The van der Waals surface area contributed by atoms with Gasteiger partial charge in [-0.3, -0.25) is 4.79 Å². The molecule has 0 atom stereocenters. The van der Waals surface area contributed by atoms with E-state index in [0.717, 1.165) is 0 Å². The largest absolute Gasteiger partial charge is 0.496 e. The molecule has 0 aliphatic rings. The summed E-state index contributed by atoms with van der Waals surface area (Å²) in [7, 11) is 1.52. The highest BCUT2D eigenvalue weighted by molar-refractivity contribution is 5.79. The Labute approximate surface area is 110 Å². The van der Waals surface area contributed by atoms with Crippen molar-refractivity contribution in [2.75, 3.05) is 7.11 Å². The third-order valence-corrected chi connectivity index (χ3v) is 2.81. The van der Waals surface area contributed by atoms with E-state index < -0.39 is 11.8 Å². The van der Waals surface area contributed by atoms with Crippen molar-refractivity contribution >= 4 is 5.97 Å². The Morgan fingerprint density at radius 1 is 1.21 bits per heavy atom. The zero-order valence-electron chi connectivity index (χ0n) is 10.4. The van der Waals surface area contributed by atoms with Crippen LogP contribution in [0.3, 0.4) is 0 Å². The van der Waals surface area contributed by atoms with Crippen LogP contribution in [0.25, 0.3) is 11.1 Å². The number of methoxy groups -OCH3 is 1. The maximum absolute atomic E-state index is 13.4. The van der Waals surface area contributed by atoms with E-state index in [9.17, 15) is 9.18 Å². The molecule has 0 radical (unpaired) electrons. The van der Waals surface area contributed by atoms with Crippen LogP contribution in [-0.4, -0.2) is 18.2 Å². The number of para-hydroxylation sites is 1. The number of carboxylic acids is 1. The van der Waals surface area contributed by atoms with Gasteiger partial charge in [-0.15, -0.1) is 0 Å². The fourth-order valence-electron chi connectivity index (χ4n) is 1.98. The van der Waals surface area contributed by atoms with Gasteiger partial charge in [-0.2, -0.15) is 0 Å². The lowest BCUT2D eigenvalue weighted by molar-refractivity contribution is -0.136. The number of hydrogen-bond acceptors (Lipinski definition) is 2. The molecule has 0 aromatic heterocycles. The van der Waals surface area contributed by atoms with Crippen LogP contribution in [0.1, 0.15) is 5.56 Å². The van der Waals surface area contributed by atoms with Gasteiger partial charge in [0, 0.05) is 5.56 Å². The zero-order valence-corrected chi connectivity index (χ0v) is 10.4. The van der Waals surface area contributed by atoms with Crippen molar-refractivity contribution in [2.24, 2.45) is 0 Å². The molecule has 4 heteroatoms. The Morgan fingerprint density at radius 3 is 2.63 bits per heavy atom. The number of carbonyl (C=O) groups is 1. The molecule has 0 unspecified atom stereocenters. The highest BCUT2D eigenvalue weighted by Gasteiger charge is 2.13. The van der Waals surface area contributed by atoms with Crippen LogP contribution in [0.5, 0.6) is 5.75 Å². The van der Waals surface area contributed by atoms with Gasteiger partial charge in [0.1, 0.15) is 11.6 Å². The SMILES string of the molecule is COc1ccccc1-c1cc(F)ccc1CC(=O)O. The average molecular weight is 260 g/mol. The Hall–Kier alpha value is -2.36. The minimum absolute atomic E-state index is 0.159. The Morgan fingerprint density at radius 2 is 1.95 bits per heavy atom. The van der Waals surface area contributed by atoms with Crippen LogP contribution in [-0.2, 0) is 11.2 Å². The van der Waals surface area contributed by atoms with Gasteiger partial charge < -0.3 is 9.84 Å². The first-order chi connectivity index (χ1) is 9.11. The number of carboxylic acid groups (broad SMARTS) is 1. The van der Waals surface area contributed by atoms with Crippen LogP contribution in [0.15, 0.2) is 42.5 Å². The van der Waals surface area contributed by atoms with E-state index in [1.54, 1.807) is 24.3 Å². The van der Waals surface area contributed by atoms with Gasteiger partial charge in [0.2, 0.25) is 0 Å². The van der Waals surface area contributed by atoms with Crippen molar-refractivity contribution in [3.63, 3.8) is 0 Å². The fraction of sp³-hybridized carbons (Fsp3) is 0.133. The van der Waals surface area contributed by atoms with Gasteiger partial charge in [-0.05, 0) is 29.3 Å². The quantitative estimate of drug-likeness (QED) is 0.918. The van der Waals surface area contributed by atoms with Crippen LogP contribution < -0.4 is 4.74 Å². The predicted octanol–water partition coefficient (Wildman–Crippen LogP) is 3.13. The second kappa shape index (κ2) is 5.52. The van der Waals surface area contributed by atoms with Gasteiger partial charge in [-0.1, -0.05) is 24.3 Å². The van der Waals surface area contributed by atoms with Crippen molar-refractivity contribution in [1.29, 1.82) is 0 Å². The molecule has 0 fully saturated rings. The summed E-state index contributed by atoms with van der Waals surface area (Å²) in [5, 5.41) is 8.91. The van der Waals surface area contributed by atoms with E-state index in [2.05, 4.69) is 0 Å². The molecule has 0 saturated heterocycles. The first-order valence-corrected chi connectivity index (χ1v) is 5.75. The average Bonchev–Trinajstić information content (AvgIpc) is 2.40. The lowest BCUT2D eigenvalue weighted by Gasteiger charge is -2.12. The molecule has 0 heterocycles. The van der Waals surface area contributed by atoms with Crippen molar-refractivity contribution in [1.82, 2.24) is 0 Å². The van der Waals surface area contributed by atoms with E-state index in [4.69, 9.17) is 9.84 Å². The van der Waals surface area contributed by atoms with Gasteiger partial charge in [0.05, 0.1) is 13.5 Å². The number of ether oxygens (including phenoxy) is 1. The summed E-state index contributed by atoms with van der Waals surface area (Å²) in [5.74, 6) is -0.780. The van der Waals surface area contributed by atoms with E-state index in [1.807, 2.05) is 0 Å². The summed E-state index contributed by atoms with van der Waals surface area (Å²) in [6.07, 6.45) is -0.159. The van der Waals surface area contributed by atoms with E-state index >= 15 is 0 Å². The van der Waals surface area contributed by atoms with E-state index in [-0.39, 0.29) is 6.42 Å². The Kier molecular flexibility index (Phi) is 3.80. The van der Waals surface area contributed by atoms with Crippen LogP contribution in [0, 0.1) is 5.82 Å². The van der Waals surface area contributed by atoms with Crippen molar-refractivity contribution in [2.45, 2.75) is 6.42 Å². The second-order valence-corrected chi connectivity index (χ2v) is 4.07. The number of rotatable bonds is 4. The van der Waals surface area contributed by atoms with Crippen LogP contribution in [0.4, 0.5) is 4.39 Å². The number of benzene rings is 2. The summed E-state index contributed by atoms with van der Waals surface area (Å²) in [6, 6.07) is 11.2. The molecule has 0 aliphatic carbocycles. The van der Waals surface area contributed by atoms with Crippen molar-refractivity contribution in [3.05, 3.63) is 53.8 Å². The molecule has 0 aliphatic heterocycles. The number of hydrogen-bond donors (Lipinski definition) is 1. The zero-order chi connectivity index (χ0) is 13.8. The maximum Gasteiger partial charge on any atom is 0.307 e. The molecule has 3 nitrogen and oxygen atoms in total. The summed E-state index contributed by atoms with van der Waals surface area (Å²) in [4.78, 5) is 10.9. The highest BCUT2D eigenvalue weighted by atomic mass is 19.1. The van der Waals surface area contributed by atoms with Crippen LogP contribution >= 0.6 is 0 Å². The summed E-state index contributed by atoms with van der Waals surface area (Å²) in [5.41, 5.74) is 1.78. The number of halogens is 1. The molecule has 0 spiro atoms. The first-order valence-electron chi connectivity index (χ1n) is 5.75. The fourth-order valence-corrected chi connectivity index (χ4v) is 1.98. The number of aliphatic carboxylic acids is 1. The summed E-state index contributed by atoms with van der Waals surface area (Å²) in [6.45, 7) is 0. The molecule has 19 heavy (non-hydrogen) atoms. The lowest BCUT2D eigenvalue weighted by Crippen LogP contribution is -2.02. The highest BCUT2D eigenvalue weighted by Crippen LogP contribution is 2.32. The molecule has 1 N–H and O–H groups in total. The molecule has 98 valence electrons. The van der Waals surface area contributed by atoms with E-state index in [1.165, 1.54) is 25.3 Å². The van der Waals surface area contributed by atoms with Crippen molar-refractivity contribution in [3.8, 4) is 16.9 Å². The van der Waals surface area contributed by atoms with Gasteiger partial charge >= 0.3 is 5.97 Å².